The number of hydrogen-bond acceptors (Lipinski definition) is 5. The quantitative estimate of drug-likeness (QED) is 0.588. The maximum atomic E-state index is 13.4. The molecule has 1 atom stereocenters. The van der Waals surface area contributed by atoms with Crippen LogP contribution in [0.2, 0.25) is 5.02 Å². The van der Waals surface area contributed by atoms with Crippen LogP contribution in [0, 0.1) is 18.7 Å². The van der Waals surface area contributed by atoms with E-state index in [4.69, 9.17) is 16.3 Å². The summed E-state index contributed by atoms with van der Waals surface area (Å²) >= 11 is 5.82. The SMILES string of the molecule is Cc1ccc(Oc2nccnc2N2CCC[C@@H](C(=O)Nc3ccc(F)c(Cl)c3)C2)cc1. The number of halogens is 2. The number of carbonyl (C=O) groups excluding carboxylic acids is 1. The van der Waals surface area contributed by atoms with E-state index in [1.54, 1.807) is 12.4 Å². The molecule has 2 heterocycles. The molecular weight excluding hydrogens is 419 g/mol. The van der Waals surface area contributed by atoms with Crippen molar-refractivity contribution in [3.63, 3.8) is 0 Å². The van der Waals surface area contributed by atoms with Crippen molar-refractivity contribution in [2.45, 2.75) is 19.8 Å². The van der Waals surface area contributed by atoms with E-state index in [-0.39, 0.29) is 16.8 Å². The summed E-state index contributed by atoms with van der Waals surface area (Å²) in [6, 6.07) is 11.8. The second-order valence-corrected chi connectivity index (χ2v) is 7.91. The number of hydrogen-bond donors (Lipinski definition) is 1. The number of aromatic nitrogens is 2. The van der Waals surface area contributed by atoms with Crippen LogP contribution >= 0.6 is 11.6 Å². The second-order valence-electron chi connectivity index (χ2n) is 7.50. The molecule has 0 aliphatic carbocycles. The van der Waals surface area contributed by atoms with E-state index in [9.17, 15) is 9.18 Å². The van der Waals surface area contributed by atoms with Crippen LogP contribution in [0.4, 0.5) is 15.9 Å². The lowest BCUT2D eigenvalue weighted by Crippen LogP contribution is -2.41. The van der Waals surface area contributed by atoms with E-state index >= 15 is 0 Å². The van der Waals surface area contributed by atoms with Gasteiger partial charge in [-0.1, -0.05) is 29.3 Å². The van der Waals surface area contributed by atoms with Gasteiger partial charge in [0.05, 0.1) is 10.9 Å². The molecule has 0 saturated carbocycles. The Bertz CT molecular complexity index is 1080. The third-order valence-corrected chi connectivity index (χ3v) is 5.45. The number of nitrogens with zero attached hydrogens (tertiary/aromatic N) is 3. The van der Waals surface area contributed by atoms with E-state index in [0.29, 0.717) is 29.7 Å². The van der Waals surface area contributed by atoms with Crippen LogP contribution in [0.5, 0.6) is 11.6 Å². The third kappa shape index (κ3) is 5.11. The number of aryl methyl sites for hydroxylation is 1. The van der Waals surface area contributed by atoms with Gasteiger partial charge in [0.1, 0.15) is 11.6 Å². The summed E-state index contributed by atoms with van der Waals surface area (Å²) < 4.78 is 19.3. The number of benzene rings is 2. The van der Waals surface area contributed by atoms with Crippen molar-refractivity contribution >= 4 is 29.0 Å². The molecule has 1 fully saturated rings. The lowest BCUT2D eigenvalue weighted by Gasteiger charge is -2.33. The van der Waals surface area contributed by atoms with Crippen LogP contribution in [0.1, 0.15) is 18.4 Å². The standard InChI is InChI=1S/C23H22ClFN4O2/c1-15-4-7-18(8-5-15)31-23-21(26-10-11-27-23)29-12-2-3-16(14-29)22(30)28-17-6-9-20(25)19(24)13-17/h4-11,13,16H,2-3,12,14H2,1H3,(H,28,30)/t16-/m1/s1. The summed E-state index contributed by atoms with van der Waals surface area (Å²) in [6.45, 7) is 3.23. The highest BCUT2D eigenvalue weighted by Crippen LogP contribution is 2.31. The fourth-order valence-electron chi connectivity index (χ4n) is 3.53. The summed E-state index contributed by atoms with van der Waals surface area (Å²) in [5, 5.41) is 2.80. The fourth-order valence-corrected chi connectivity index (χ4v) is 3.71. The number of nitrogens with one attached hydrogen (secondary N) is 1. The number of carbonyl (C=O) groups is 1. The van der Waals surface area contributed by atoms with Crippen molar-refractivity contribution < 1.29 is 13.9 Å². The van der Waals surface area contributed by atoms with E-state index in [1.165, 1.54) is 18.2 Å². The third-order valence-electron chi connectivity index (χ3n) is 5.16. The Morgan fingerprint density at radius 2 is 1.97 bits per heavy atom. The van der Waals surface area contributed by atoms with Crippen LogP contribution in [-0.4, -0.2) is 29.0 Å². The van der Waals surface area contributed by atoms with Crippen molar-refractivity contribution in [2.75, 3.05) is 23.3 Å². The van der Waals surface area contributed by atoms with Gasteiger partial charge in [0.2, 0.25) is 5.91 Å². The molecule has 1 saturated heterocycles. The predicted molar refractivity (Wildman–Crippen MR) is 118 cm³/mol. The van der Waals surface area contributed by atoms with Gasteiger partial charge in [-0.05, 0) is 50.1 Å². The zero-order valence-corrected chi connectivity index (χ0v) is 17.8. The van der Waals surface area contributed by atoms with E-state index in [2.05, 4.69) is 15.3 Å². The Hall–Kier alpha value is -3.19. The van der Waals surface area contributed by atoms with E-state index in [0.717, 1.165) is 24.9 Å². The normalized spacial score (nSPS) is 16.1. The van der Waals surface area contributed by atoms with Crippen molar-refractivity contribution in [1.29, 1.82) is 0 Å². The summed E-state index contributed by atoms with van der Waals surface area (Å²) in [5.41, 5.74) is 1.61. The summed E-state index contributed by atoms with van der Waals surface area (Å²) in [4.78, 5) is 23.6. The van der Waals surface area contributed by atoms with Crippen LogP contribution in [0.3, 0.4) is 0 Å². The molecule has 4 rings (SSSR count). The molecule has 0 radical (unpaired) electrons. The first-order valence-electron chi connectivity index (χ1n) is 10.1. The van der Waals surface area contributed by atoms with E-state index < -0.39 is 5.82 Å². The zero-order valence-electron chi connectivity index (χ0n) is 17.0. The largest absolute Gasteiger partial charge is 0.436 e. The molecule has 0 spiro atoms. The first kappa shape index (κ1) is 21.1. The Labute approximate surface area is 185 Å². The Morgan fingerprint density at radius 1 is 1.19 bits per heavy atom. The molecule has 2 aromatic carbocycles. The minimum Gasteiger partial charge on any atom is -0.436 e. The summed E-state index contributed by atoms with van der Waals surface area (Å²) in [6.07, 6.45) is 4.76. The topological polar surface area (TPSA) is 67.4 Å². The van der Waals surface area contributed by atoms with Crippen molar-refractivity contribution in [3.8, 4) is 11.6 Å². The molecule has 1 aliphatic heterocycles. The Kier molecular flexibility index (Phi) is 6.32. The van der Waals surface area contributed by atoms with Crippen LogP contribution in [-0.2, 0) is 4.79 Å². The molecule has 8 heteroatoms. The summed E-state index contributed by atoms with van der Waals surface area (Å²) in [5.74, 6) is 0.756. The van der Waals surface area contributed by atoms with Crippen molar-refractivity contribution in [2.24, 2.45) is 5.92 Å². The summed E-state index contributed by atoms with van der Waals surface area (Å²) in [7, 11) is 0. The maximum Gasteiger partial charge on any atom is 0.263 e. The Morgan fingerprint density at radius 3 is 2.74 bits per heavy atom. The second kappa shape index (κ2) is 9.31. The molecule has 1 aromatic heterocycles. The zero-order chi connectivity index (χ0) is 21.8. The molecule has 1 amide bonds. The van der Waals surface area contributed by atoms with Crippen LogP contribution < -0.4 is 15.0 Å². The van der Waals surface area contributed by atoms with Gasteiger partial charge in [-0.2, -0.15) is 0 Å². The highest BCUT2D eigenvalue weighted by molar-refractivity contribution is 6.31. The predicted octanol–water partition coefficient (Wildman–Crippen LogP) is 5.22. The van der Waals surface area contributed by atoms with Gasteiger partial charge in [0.15, 0.2) is 5.82 Å². The first-order chi connectivity index (χ1) is 15.0. The van der Waals surface area contributed by atoms with Gasteiger partial charge in [0.25, 0.3) is 5.88 Å². The molecule has 160 valence electrons. The van der Waals surface area contributed by atoms with Gasteiger partial charge in [0, 0.05) is 31.2 Å². The molecule has 3 aromatic rings. The molecule has 1 N–H and O–H groups in total. The number of piperidine rings is 1. The van der Waals surface area contributed by atoms with Crippen molar-refractivity contribution in [1.82, 2.24) is 9.97 Å². The molecule has 1 aliphatic rings. The average Bonchev–Trinajstić information content (AvgIpc) is 2.78. The number of amides is 1. The van der Waals surface area contributed by atoms with Crippen LogP contribution in [0.25, 0.3) is 0 Å². The molecule has 0 unspecified atom stereocenters. The molecule has 31 heavy (non-hydrogen) atoms. The van der Waals surface area contributed by atoms with Gasteiger partial charge in [-0.25, -0.2) is 14.4 Å². The highest BCUT2D eigenvalue weighted by Gasteiger charge is 2.28. The van der Waals surface area contributed by atoms with Gasteiger partial charge >= 0.3 is 0 Å². The number of anilines is 2. The minimum atomic E-state index is -0.521. The lowest BCUT2D eigenvalue weighted by atomic mass is 9.97. The van der Waals surface area contributed by atoms with Crippen molar-refractivity contribution in [3.05, 3.63) is 71.3 Å². The van der Waals surface area contributed by atoms with Gasteiger partial charge < -0.3 is 15.0 Å². The molecule has 0 bridgehead atoms. The number of rotatable bonds is 5. The monoisotopic (exact) mass is 440 g/mol. The smallest absolute Gasteiger partial charge is 0.263 e. The Balaban J connectivity index is 1.47. The van der Waals surface area contributed by atoms with Crippen LogP contribution in [0.15, 0.2) is 54.9 Å². The van der Waals surface area contributed by atoms with Gasteiger partial charge in [-0.15, -0.1) is 0 Å². The maximum absolute atomic E-state index is 13.4. The highest BCUT2D eigenvalue weighted by atomic mass is 35.5. The minimum absolute atomic E-state index is 0.0273. The molecule has 6 nitrogen and oxygen atoms in total. The lowest BCUT2D eigenvalue weighted by molar-refractivity contribution is -0.120. The average molecular weight is 441 g/mol. The first-order valence-corrected chi connectivity index (χ1v) is 10.4. The number of ether oxygens (including phenoxy) is 1. The van der Waals surface area contributed by atoms with Gasteiger partial charge in [-0.3, -0.25) is 4.79 Å². The molecular formula is C23H22ClFN4O2. The fraction of sp³-hybridized carbons (Fsp3) is 0.261. The van der Waals surface area contributed by atoms with E-state index in [1.807, 2.05) is 36.1 Å².